The number of amides is 2. The summed E-state index contributed by atoms with van der Waals surface area (Å²) in [5, 5.41) is 5.63. The second kappa shape index (κ2) is 4.20. The normalized spacial score (nSPS) is 9.00. The van der Waals surface area contributed by atoms with Gasteiger partial charge in [-0.05, 0) is 12.1 Å². The van der Waals surface area contributed by atoms with Crippen molar-refractivity contribution >= 4 is 11.7 Å². The van der Waals surface area contributed by atoms with E-state index in [1.807, 2.05) is 6.07 Å². The molecule has 2 amide bonds. The van der Waals surface area contributed by atoms with Crippen molar-refractivity contribution in [3.63, 3.8) is 0 Å². The lowest BCUT2D eigenvalue weighted by molar-refractivity contribution is 0.224. The van der Waals surface area contributed by atoms with Crippen molar-refractivity contribution in [2.75, 3.05) is 12.4 Å². The van der Waals surface area contributed by atoms with Gasteiger partial charge in [-0.3, -0.25) is 0 Å². The Labute approximate surface area is 75.3 Å². The minimum atomic E-state index is -0.554. The molecule has 0 aliphatic rings. The Balaban J connectivity index is 2.60. The summed E-state index contributed by atoms with van der Waals surface area (Å²) in [5.41, 5.74) is 0.628. The molecule has 68 valence electrons. The first kappa shape index (κ1) is 9.18. The lowest BCUT2D eigenvalue weighted by atomic mass is 10.3. The van der Waals surface area contributed by atoms with Crippen LogP contribution in [0.5, 0.6) is 0 Å². The van der Waals surface area contributed by atoms with Gasteiger partial charge in [-0.1, -0.05) is 18.2 Å². The van der Waals surface area contributed by atoms with Gasteiger partial charge in [0.05, 0.1) is 5.29 Å². The predicted molar refractivity (Wildman–Crippen MR) is 49.0 cm³/mol. The van der Waals surface area contributed by atoms with Crippen molar-refractivity contribution in [3.8, 4) is 0 Å². The molecule has 0 spiro atoms. The minimum absolute atomic E-state index is 0.554. The molecule has 0 aromatic heterocycles. The highest BCUT2D eigenvalue weighted by Crippen LogP contribution is 2.05. The van der Waals surface area contributed by atoms with Crippen LogP contribution in [0.1, 0.15) is 0 Å². The Bertz CT molecular complexity index is 300. The van der Waals surface area contributed by atoms with Gasteiger partial charge in [0.2, 0.25) is 0 Å². The van der Waals surface area contributed by atoms with E-state index < -0.39 is 6.03 Å². The van der Waals surface area contributed by atoms with Gasteiger partial charge < -0.3 is 5.32 Å². The van der Waals surface area contributed by atoms with Crippen molar-refractivity contribution in [3.05, 3.63) is 35.2 Å². The molecular weight excluding hydrogens is 170 g/mol. The summed E-state index contributed by atoms with van der Waals surface area (Å²) in [6.07, 6.45) is 0. The molecule has 0 heterocycles. The maximum Gasteiger partial charge on any atom is 0.344 e. The zero-order chi connectivity index (χ0) is 9.68. The quantitative estimate of drug-likeness (QED) is 0.556. The summed E-state index contributed by atoms with van der Waals surface area (Å²) in [5.74, 6) is 0. The first-order valence-electron chi connectivity index (χ1n) is 3.67. The standard InChI is InChI=1S/C8H9N3O2/c1-11(10-13)8(12)9-7-5-3-2-4-6-7/h2-6H,1H3,(H,9,12). The molecule has 13 heavy (non-hydrogen) atoms. The molecule has 0 saturated heterocycles. The smallest absolute Gasteiger partial charge is 0.306 e. The number of hydrogen-bond donors (Lipinski definition) is 1. The summed E-state index contributed by atoms with van der Waals surface area (Å²) < 4.78 is 0. The molecular formula is C8H9N3O2. The largest absolute Gasteiger partial charge is 0.344 e. The Kier molecular flexibility index (Phi) is 2.97. The van der Waals surface area contributed by atoms with Crippen molar-refractivity contribution in [2.45, 2.75) is 0 Å². The van der Waals surface area contributed by atoms with E-state index in [1.54, 1.807) is 24.3 Å². The number of benzene rings is 1. The van der Waals surface area contributed by atoms with Gasteiger partial charge in [0.25, 0.3) is 0 Å². The van der Waals surface area contributed by atoms with Gasteiger partial charge in [0, 0.05) is 12.7 Å². The summed E-state index contributed by atoms with van der Waals surface area (Å²) in [7, 11) is 1.28. The Morgan fingerprint density at radius 3 is 2.54 bits per heavy atom. The molecule has 0 unspecified atom stereocenters. The van der Waals surface area contributed by atoms with Crippen LogP contribution in [0.3, 0.4) is 0 Å². The molecule has 0 aliphatic heterocycles. The van der Waals surface area contributed by atoms with Gasteiger partial charge in [0.1, 0.15) is 0 Å². The van der Waals surface area contributed by atoms with Crippen LogP contribution in [0.4, 0.5) is 10.5 Å². The Morgan fingerprint density at radius 1 is 1.38 bits per heavy atom. The first-order valence-corrected chi connectivity index (χ1v) is 3.67. The number of rotatable bonds is 2. The Hall–Kier alpha value is -1.91. The number of anilines is 1. The highest BCUT2D eigenvalue weighted by molar-refractivity contribution is 5.88. The van der Waals surface area contributed by atoms with Crippen molar-refractivity contribution in [1.29, 1.82) is 0 Å². The average Bonchev–Trinajstić information content (AvgIpc) is 2.18. The molecule has 1 N–H and O–H groups in total. The van der Waals surface area contributed by atoms with Crippen LogP contribution in [0.2, 0.25) is 0 Å². The number of para-hydroxylation sites is 1. The molecule has 0 fully saturated rings. The van der Waals surface area contributed by atoms with Crippen LogP contribution >= 0.6 is 0 Å². The molecule has 0 saturated carbocycles. The third-order valence-corrected chi connectivity index (χ3v) is 1.44. The van der Waals surface area contributed by atoms with E-state index in [0.717, 1.165) is 0 Å². The average molecular weight is 179 g/mol. The second-order valence-electron chi connectivity index (χ2n) is 2.40. The molecule has 0 aliphatic carbocycles. The third kappa shape index (κ3) is 2.55. The monoisotopic (exact) mass is 179 g/mol. The SMILES string of the molecule is CN(N=O)C(=O)Nc1ccccc1. The molecule has 1 aromatic rings. The van der Waals surface area contributed by atoms with E-state index >= 15 is 0 Å². The zero-order valence-electron chi connectivity index (χ0n) is 7.10. The molecule has 0 radical (unpaired) electrons. The van der Waals surface area contributed by atoms with Crippen molar-refractivity contribution in [1.82, 2.24) is 5.01 Å². The van der Waals surface area contributed by atoms with Crippen molar-refractivity contribution in [2.24, 2.45) is 5.29 Å². The van der Waals surface area contributed by atoms with Gasteiger partial charge in [-0.15, -0.1) is 4.91 Å². The summed E-state index contributed by atoms with van der Waals surface area (Å²) in [6.45, 7) is 0. The van der Waals surface area contributed by atoms with E-state index in [4.69, 9.17) is 0 Å². The van der Waals surface area contributed by atoms with Gasteiger partial charge in [0.15, 0.2) is 0 Å². The second-order valence-corrected chi connectivity index (χ2v) is 2.40. The lowest BCUT2D eigenvalue weighted by Crippen LogP contribution is -2.26. The fraction of sp³-hybridized carbons (Fsp3) is 0.125. The minimum Gasteiger partial charge on any atom is -0.306 e. The highest BCUT2D eigenvalue weighted by Gasteiger charge is 2.06. The van der Waals surface area contributed by atoms with E-state index in [9.17, 15) is 9.70 Å². The summed E-state index contributed by atoms with van der Waals surface area (Å²) >= 11 is 0. The first-order chi connectivity index (χ1) is 6.24. The van der Waals surface area contributed by atoms with Crippen LogP contribution in [0.15, 0.2) is 35.6 Å². The molecule has 1 aromatic carbocycles. The molecule has 0 bridgehead atoms. The van der Waals surface area contributed by atoms with Crippen LogP contribution in [-0.2, 0) is 0 Å². The fourth-order valence-electron chi connectivity index (χ4n) is 0.763. The maximum atomic E-state index is 11.1. The predicted octanol–water partition coefficient (Wildman–Crippen LogP) is 1.83. The number of carbonyl (C=O) groups is 1. The summed E-state index contributed by atoms with van der Waals surface area (Å²) in [4.78, 5) is 21.0. The van der Waals surface area contributed by atoms with Crippen LogP contribution < -0.4 is 5.32 Å². The van der Waals surface area contributed by atoms with E-state index in [0.29, 0.717) is 10.7 Å². The van der Waals surface area contributed by atoms with Crippen LogP contribution in [0.25, 0.3) is 0 Å². The lowest BCUT2D eigenvalue weighted by Gasteiger charge is -2.08. The van der Waals surface area contributed by atoms with Gasteiger partial charge in [-0.25, -0.2) is 4.79 Å². The van der Waals surface area contributed by atoms with Crippen LogP contribution in [0, 0.1) is 4.91 Å². The van der Waals surface area contributed by atoms with E-state index in [1.165, 1.54) is 7.05 Å². The molecule has 1 rings (SSSR count). The number of urea groups is 1. The number of hydrogen-bond acceptors (Lipinski definition) is 3. The van der Waals surface area contributed by atoms with Crippen LogP contribution in [-0.4, -0.2) is 18.1 Å². The number of nitrogens with zero attached hydrogens (tertiary/aromatic N) is 2. The molecule has 5 heteroatoms. The molecule has 0 atom stereocenters. The number of nitroso groups, excluding NO2 is 1. The number of carbonyl (C=O) groups excluding carboxylic acids is 1. The Morgan fingerprint density at radius 2 is 2.00 bits per heavy atom. The number of nitrogens with one attached hydrogen (secondary N) is 1. The highest BCUT2D eigenvalue weighted by atomic mass is 16.3. The zero-order valence-corrected chi connectivity index (χ0v) is 7.10. The topological polar surface area (TPSA) is 61.8 Å². The van der Waals surface area contributed by atoms with E-state index in [2.05, 4.69) is 10.6 Å². The maximum absolute atomic E-state index is 11.1. The van der Waals surface area contributed by atoms with Crippen molar-refractivity contribution < 1.29 is 4.79 Å². The fourth-order valence-corrected chi connectivity index (χ4v) is 0.763. The third-order valence-electron chi connectivity index (χ3n) is 1.44. The van der Waals surface area contributed by atoms with Gasteiger partial charge >= 0.3 is 6.03 Å². The van der Waals surface area contributed by atoms with Gasteiger partial charge in [-0.2, -0.15) is 5.01 Å². The molecule has 5 nitrogen and oxygen atoms in total. The van der Waals surface area contributed by atoms with E-state index in [-0.39, 0.29) is 0 Å². The summed E-state index contributed by atoms with van der Waals surface area (Å²) in [6, 6.07) is 8.28.